The molecule has 2 fully saturated rings. The number of H-pyrrole nitrogens is 1. The lowest BCUT2D eigenvalue weighted by atomic mass is 9.89. The van der Waals surface area contributed by atoms with Crippen LogP contribution in [-0.4, -0.2) is 76.2 Å². The molecule has 29 heavy (non-hydrogen) atoms. The number of morpholine rings is 1. The van der Waals surface area contributed by atoms with Crippen molar-refractivity contribution >= 4 is 23.6 Å². The van der Waals surface area contributed by atoms with E-state index in [9.17, 15) is 9.59 Å². The molecular weight excluding hydrogens is 392 g/mol. The van der Waals surface area contributed by atoms with Gasteiger partial charge < -0.3 is 23.9 Å². The van der Waals surface area contributed by atoms with Gasteiger partial charge in [0.1, 0.15) is 5.76 Å². The molecule has 156 valence electrons. The number of rotatable bonds is 5. The number of carbonyl (C=O) groups is 2. The molecule has 0 aliphatic carbocycles. The Morgan fingerprint density at radius 3 is 2.79 bits per heavy atom. The monoisotopic (exact) mass is 418 g/mol. The summed E-state index contributed by atoms with van der Waals surface area (Å²) in [7, 11) is 0. The van der Waals surface area contributed by atoms with Crippen molar-refractivity contribution in [2.75, 3.05) is 39.0 Å². The fourth-order valence-corrected chi connectivity index (χ4v) is 4.44. The van der Waals surface area contributed by atoms with Gasteiger partial charge in [-0.1, -0.05) is 0 Å². The molecule has 4 rings (SSSR count). The number of hydrogen-bond donors (Lipinski definition) is 1. The zero-order valence-corrected chi connectivity index (χ0v) is 17.4. The van der Waals surface area contributed by atoms with E-state index in [0.29, 0.717) is 57.8 Å². The highest BCUT2D eigenvalue weighted by molar-refractivity contribution is 7.97. The minimum Gasteiger partial charge on any atom is -0.455 e. The molecule has 4 heterocycles. The molecule has 0 aromatic carbocycles. The van der Waals surface area contributed by atoms with Crippen molar-refractivity contribution in [1.82, 2.24) is 19.8 Å². The summed E-state index contributed by atoms with van der Waals surface area (Å²) in [5.74, 6) is 1.97. The van der Waals surface area contributed by atoms with Gasteiger partial charge in [-0.05, 0) is 31.2 Å². The number of carbonyl (C=O) groups excluding carboxylic acids is 2. The van der Waals surface area contributed by atoms with E-state index in [0.717, 1.165) is 17.2 Å². The maximum Gasteiger partial charge on any atom is 0.289 e. The quantitative estimate of drug-likeness (QED) is 0.798. The zero-order valence-electron chi connectivity index (χ0n) is 16.6. The Morgan fingerprint density at radius 1 is 1.24 bits per heavy atom. The minimum atomic E-state index is -0.369. The predicted octanol–water partition coefficient (Wildman–Crippen LogP) is 1.94. The number of piperidine rings is 1. The molecule has 2 aromatic rings. The zero-order chi connectivity index (χ0) is 20.3. The SMILES string of the molecule is CSCc1ccc(C(=O)N2CCC3(CC2)CN(C(=O)Cc2cnc[nH]2)CCO3)o1. The third-order valence-electron chi connectivity index (χ3n) is 5.62. The number of thioether (sulfide) groups is 1. The molecular formula is C20H26N4O4S. The van der Waals surface area contributed by atoms with Crippen LogP contribution in [0.1, 0.15) is 34.9 Å². The van der Waals surface area contributed by atoms with Gasteiger partial charge in [0.2, 0.25) is 5.91 Å². The van der Waals surface area contributed by atoms with Crippen LogP contribution >= 0.6 is 11.8 Å². The molecule has 2 aromatic heterocycles. The Hall–Kier alpha value is -2.26. The van der Waals surface area contributed by atoms with E-state index in [1.165, 1.54) is 0 Å². The Labute approximate surface area is 174 Å². The first-order chi connectivity index (χ1) is 14.1. The van der Waals surface area contributed by atoms with Gasteiger partial charge >= 0.3 is 0 Å². The third kappa shape index (κ3) is 4.51. The van der Waals surface area contributed by atoms with E-state index in [2.05, 4.69) is 9.97 Å². The number of amides is 2. The highest BCUT2D eigenvalue weighted by atomic mass is 32.2. The summed E-state index contributed by atoms with van der Waals surface area (Å²) in [6.07, 6.45) is 7.01. The first-order valence-corrected chi connectivity index (χ1v) is 11.2. The summed E-state index contributed by atoms with van der Waals surface area (Å²) in [5.41, 5.74) is 0.446. The lowest BCUT2D eigenvalue weighted by Crippen LogP contribution is -2.58. The largest absolute Gasteiger partial charge is 0.455 e. The van der Waals surface area contributed by atoms with Crippen LogP contribution in [0.15, 0.2) is 29.1 Å². The first kappa shape index (κ1) is 20.0. The molecule has 0 bridgehead atoms. The molecule has 1 N–H and O–H groups in total. The summed E-state index contributed by atoms with van der Waals surface area (Å²) in [5, 5.41) is 0. The van der Waals surface area contributed by atoms with Gasteiger partial charge in [0.15, 0.2) is 5.76 Å². The van der Waals surface area contributed by atoms with Crippen molar-refractivity contribution in [2.45, 2.75) is 30.6 Å². The van der Waals surface area contributed by atoms with Gasteiger partial charge in [0, 0.05) is 38.1 Å². The van der Waals surface area contributed by atoms with Gasteiger partial charge in [-0.2, -0.15) is 11.8 Å². The second kappa shape index (κ2) is 8.62. The summed E-state index contributed by atoms with van der Waals surface area (Å²) < 4.78 is 11.8. The Balaban J connectivity index is 1.33. The summed E-state index contributed by atoms with van der Waals surface area (Å²) in [6.45, 7) is 2.89. The Morgan fingerprint density at radius 2 is 2.07 bits per heavy atom. The average Bonchev–Trinajstić information content (AvgIpc) is 3.41. The highest BCUT2D eigenvalue weighted by Gasteiger charge is 2.42. The maximum atomic E-state index is 12.7. The second-order valence-corrected chi connectivity index (χ2v) is 8.46. The van der Waals surface area contributed by atoms with Crippen LogP contribution in [0.4, 0.5) is 0 Å². The number of aromatic nitrogens is 2. The fourth-order valence-electron chi connectivity index (χ4n) is 4.00. The van der Waals surface area contributed by atoms with E-state index in [4.69, 9.17) is 9.15 Å². The van der Waals surface area contributed by atoms with Gasteiger partial charge in [-0.15, -0.1) is 0 Å². The molecule has 2 amide bonds. The molecule has 0 saturated carbocycles. The molecule has 0 radical (unpaired) electrons. The van der Waals surface area contributed by atoms with Crippen molar-refractivity contribution in [1.29, 1.82) is 0 Å². The van der Waals surface area contributed by atoms with E-state index in [1.807, 2.05) is 22.1 Å². The normalized spacial score (nSPS) is 18.9. The first-order valence-electron chi connectivity index (χ1n) is 9.84. The molecule has 0 atom stereocenters. The number of nitrogens with zero attached hydrogens (tertiary/aromatic N) is 3. The van der Waals surface area contributed by atoms with Gasteiger partial charge in [0.25, 0.3) is 5.91 Å². The van der Waals surface area contributed by atoms with Crippen molar-refractivity contribution < 1.29 is 18.7 Å². The third-order valence-corrected chi connectivity index (χ3v) is 6.19. The second-order valence-electron chi connectivity index (χ2n) is 7.59. The molecule has 1 spiro atoms. The van der Waals surface area contributed by atoms with Gasteiger partial charge in [-0.25, -0.2) is 4.98 Å². The van der Waals surface area contributed by atoms with E-state index in [1.54, 1.807) is 30.4 Å². The van der Waals surface area contributed by atoms with Gasteiger partial charge in [-0.3, -0.25) is 9.59 Å². The number of ether oxygens (including phenoxy) is 1. The lowest BCUT2D eigenvalue weighted by Gasteiger charge is -2.47. The minimum absolute atomic E-state index is 0.0739. The smallest absolute Gasteiger partial charge is 0.289 e. The van der Waals surface area contributed by atoms with Crippen molar-refractivity contribution in [3.8, 4) is 0 Å². The number of aromatic amines is 1. The summed E-state index contributed by atoms with van der Waals surface area (Å²) in [6, 6.07) is 3.62. The lowest BCUT2D eigenvalue weighted by molar-refractivity contribution is -0.157. The van der Waals surface area contributed by atoms with Crippen LogP contribution in [-0.2, 0) is 21.7 Å². The summed E-state index contributed by atoms with van der Waals surface area (Å²) in [4.78, 5) is 36.0. The summed E-state index contributed by atoms with van der Waals surface area (Å²) >= 11 is 1.66. The van der Waals surface area contributed by atoms with Crippen LogP contribution in [0.3, 0.4) is 0 Å². The predicted molar refractivity (Wildman–Crippen MR) is 109 cm³/mol. The van der Waals surface area contributed by atoms with Gasteiger partial charge in [0.05, 0.1) is 30.7 Å². The van der Waals surface area contributed by atoms with Crippen LogP contribution in [0.2, 0.25) is 0 Å². The maximum absolute atomic E-state index is 12.7. The number of imidazole rings is 1. The van der Waals surface area contributed by atoms with Crippen LogP contribution < -0.4 is 0 Å². The fraction of sp³-hybridized carbons (Fsp3) is 0.550. The van der Waals surface area contributed by atoms with Crippen molar-refractivity contribution in [3.05, 3.63) is 41.9 Å². The highest BCUT2D eigenvalue weighted by Crippen LogP contribution is 2.31. The number of hydrogen-bond acceptors (Lipinski definition) is 6. The van der Waals surface area contributed by atoms with Crippen molar-refractivity contribution in [3.63, 3.8) is 0 Å². The molecule has 9 heteroatoms. The number of likely N-dealkylation sites (tertiary alicyclic amines) is 1. The number of furan rings is 1. The molecule has 2 aliphatic rings. The topological polar surface area (TPSA) is 91.7 Å². The Bertz CT molecular complexity index is 843. The van der Waals surface area contributed by atoms with E-state index in [-0.39, 0.29) is 17.4 Å². The van der Waals surface area contributed by atoms with Crippen molar-refractivity contribution in [2.24, 2.45) is 0 Å². The molecule has 0 unspecified atom stereocenters. The van der Waals surface area contributed by atoms with Crippen LogP contribution in [0.5, 0.6) is 0 Å². The average molecular weight is 419 g/mol. The van der Waals surface area contributed by atoms with E-state index >= 15 is 0 Å². The Kier molecular flexibility index (Phi) is 5.96. The molecule has 2 saturated heterocycles. The molecule has 8 nitrogen and oxygen atoms in total. The molecule has 2 aliphatic heterocycles. The van der Waals surface area contributed by atoms with Crippen LogP contribution in [0.25, 0.3) is 0 Å². The number of nitrogens with one attached hydrogen (secondary N) is 1. The van der Waals surface area contributed by atoms with Crippen LogP contribution in [0, 0.1) is 0 Å². The standard InChI is InChI=1S/C20H26N4O4S/c1-29-12-16-2-3-17(28-16)19(26)23-6-4-20(5-7-23)13-24(8-9-27-20)18(25)10-15-11-21-14-22-15/h2-3,11,14H,4-10,12-13H2,1H3,(H,21,22). The van der Waals surface area contributed by atoms with E-state index < -0.39 is 0 Å².